The fourth-order valence-corrected chi connectivity index (χ4v) is 2.81. The summed E-state index contributed by atoms with van der Waals surface area (Å²) in [5.41, 5.74) is 0. The Labute approximate surface area is 189 Å². The Bertz CT molecular complexity index is 249. The Balaban J connectivity index is 0. The van der Waals surface area contributed by atoms with Gasteiger partial charge in [-0.15, -0.1) is 0 Å². The molecule has 0 N–H and O–H groups in total. The maximum absolute atomic E-state index is 3.73. The smallest absolute Gasteiger partial charge is 0.369 e. The maximum Gasteiger partial charge on any atom is 4.00 e. The van der Waals surface area contributed by atoms with Crippen LogP contribution in [-0.4, -0.2) is 0 Å². The third kappa shape index (κ3) is 8.16. The molecule has 0 nitrogen and oxygen atoms in total. The van der Waals surface area contributed by atoms with Crippen molar-refractivity contribution in [2.75, 3.05) is 0 Å². The first-order valence-electron chi connectivity index (χ1n) is 9.80. The van der Waals surface area contributed by atoms with Gasteiger partial charge in [0.2, 0.25) is 0 Å². The van der Waals surface area contributed by atoms with Crippen LogP contribution in [0, 0.1) is 84.9 Å². The van der Waals surface area contributed by atoms with Crippen molar-refractivity contribution in [3.05, 3.63) is 73.0 Å². The molecule has 2 aliphatic rings. The van der Waals surface area contributed by atoms with E-state index in [9.17, 15) is 0 Å². The molecule has 0 aromatic heterocycles. The molecule has 0 saturated heterocycles. The predicted molar refractivity (Wildman–Crippen MR) is 118 cm³/mol. The molecule has 27 heavy (non-hydrogen) atoms. The third-order valence-electron chi connectivity index (χ3n) is 6.57. The monoisotopic (exact) mass is 402 g/mol. The van der Waals surface area contributed by atoms with Crippen LogP contribution >= 0.6 is 0 Å². The molecule has 0 bridgehead atoms. The first kappa shape index (κ1) is 29.9. The van der Waals surface area contributed by atoms with Gasteiger partial charge in [-0.3, -0.25) is 0 Å². The van der Waals surface area contributed by atoms with Gasteiger partial charge in [0.25, 0.3) is 0 Å². The van der Waals surface area contributed by atoms with Crippen molar-refractivity contribution in [2.24, 2.45) is 11.8 Å². The van der Waals surface area contributed by atoms with E-state index in [1.807, 2.05) is 0 Å². The van der Waals surface area contributed by atoms with E-state index in [0.29, 0.717) is 11.8 Å². The van der Waals surface area contributed by atoms with Crippen molar-refractivity contribution in [2.45, 2.75) is 83.1 Å². The average molecular weight is 402 g/mol. The molecule has 0 aromatic rings. The Morgan fingerprint density at radius 2 is 0.481 bits per heavy atom. The van der Waals surface area contributed by atoms with Crippen LogP contribution in [0.2, 0.25) is 0 Å². The third-order valence-corrected chi connectivity index (χ3v) is 6.57. The molecule has 0 atom stereocenters. The van der Waals surface area contributed by atoms with Gasteiger partial charge in [-0.25, -0.2) is 0 Å². The largest absolute Gasteiger partial charge is 4.00 e. The topological polar surface area (TPSA) is 0 Å². The molecule has 0 amide bonds. The fourth-order valence-electron chi connectivity index (χ4n) is 2.81. The molecule has 0 heterocycles. The van der Waals surface area contributed by atoms with Gasteiger partial charge in [-0.1, -0.05) is 89.0 Å². The Morgan fingerprint density at radius 1 is 0.407 bits per heavy atom. The van der Waals surface area contributed by atoms with Crippen LogP contribution in [0.3, 0.4) is 0 Å². The molecule has 0 aromatic carbocycles. The summed E-state index contributed by atoms with van der Waals surface area (Å²) < 4.78 is 0. The summed E-state index contributed by atoms with van der Waals surface area (Å²) in [5, 5.41) is 0. The standard InChI is InChI=1S/2C10H15.C6H12.Ti/c2*1-6-7(2)9(4)10(5)8(6)3;1-5(2)6(3)4;/h2*1-5H3;5-6H,1-2H2,3-4H3;/q;;-2;+4. The summed E-state index contributed by atoms with van der Waals surface area (Å²) in [5.74, 6) is 15.7. The van der Waals surface area contributed by atoms with Crippen molar-refractivity contribution in [3.8, 4) is 0 Å². The molecule has 2 rings (SSSR count). The first-order valence-corrected chi connectivity index (χ1v) is 9.80. The minimum Gasteiger partial charge on any atom is -0.369 e. The van der Waals surface area contributed by atoms with E-state index in [4.69, 9.17) is 0 Å². The van der Waals surface area contributed by atoms with E-state index in [1.165, 1.54) is 59.2 Å². The van der Waals surface area contributed by atoms with Gasteiger partial charge in [0.05, 0.1) is 0 Å². The molecule has 2 fully saturated rings. The Kier molecular flexibility index (Phi) is 14.5. The molecule has 2 saturated carbocycles. The van der Waals surface area contributed by atoms with Gasteiger partial charge in [-0.2, -0.15) is 0 Å². The first-order chi connectivity index (χ1) is 11.7. The second-order valence-corrected chi connectivity index (χ2v) is 8.25. The van der Waals surface area contributed by atoms with Gasteiger partial charge in [0.15, 0.2) is 0 Å². The van der Waals surface area contributed by atoms with Crippen molar-refractivity contribution in [1.82, 2.24) is 0 Å². The minimum absolute atomic E-state index is 0. The Morgan fingerprint density at radius 3 is 0.519 bits per heavy atom. The molecular weight excluding hydrogens is 360 g/mol. The zero-order chi connectivity index (χ0) is 20.9. The van der Waals surface area contributed by atoms with Crippen LogP contribution in [0.25, 0.3) is 0 Å². The van der Waals surface area contributed by atoms with E-state index < -0.39 is 0 Å². The predicted octanol–water partition coefficient (Wildman–Crippen LogP) is 7.87. The fraction of sp³-hybridized carbons (Fsp3) is 0.538. The molecular formula is C26H42Ti+2. The quantitative estimate of drug-likeness (QED) is 0.309. The number of hydrogen-bond acceptors (Lipinski definition) is 0. The van der Waals surface area contributed by atoms with Crippen LogP contribution in [-0.2, 0) is 21.7 Å². The van der Waals surface area contributed by atoms with Gasteiger partial charge in [0, 0.05) is 0 Å². The second-order valence-electron chi connectivity index (χ2n) is 8.25. The molecule has 0 spiro atoms. The molecule has 10 radical (unpaired) electrons. The molecule has 0 unspecified atom stereocenters. The average Bonchev–Trinajstić information content (AvgIpc) is 2.86. The number of rotatable bonds is 1. The summed E-state index contributed by atoms with van der Waals surface area (Å²) in [7, 11) is 0. The minimum atomic E-state index is 0. The van der Waals surface area contributed by atoms with E-state index >= 15 is 0 Å². The normalized spacial score (nSPS) is 23.6. The summed E-state index contributed by atoms with van der Waals surface area (Å²) in [6.07, 6.45) is 0. The van der Waals surface area contributed by atoms with Crippen molar-refractivity contribution < 1.29 is 21.7 Å². The second kappa shape index (κ2) is 13.1. The summed E-state index contributed by atoms with van der Waals surface area (Å²) in [6.45, 7) is 33.7. The zero-order valence-electron chi connectivity index (χ0n) is 20.1. The summed E-state index contributed by atoms with van der Waals surface area (Å²) in [4.78, 5) is 0. The van der Waals surface area contributed by atoms with Crippen LogP contribution in [0.5, 0.6) is 0 Å². The van der Waals surface area contributed by atoms with Crippen molar-refractivity contribution >= 4 is 0 Å². The summed E-state index contributed by atoms with van der Waals surface area (Å²) >= 11 is 0. The van der Waals surface area contributed by atoms with Crippen LogP contribution < -0.4 is 0 Å². The summed E-state index contributed by atoms with van der Waals surface area (Å²) in [6, 6.07) is 0. The van der Waals surface area contributed by atoms with E-state index in [2.05, 4.69) is 96.9 Å². The van der Waals surface area contributed by atoms with Crippen molar-refractivity contribution in [3.63, 3.8) is 0 Å². The van der Waals surface area contributed by atoms with Crippen LogP contribution in [0.1, 0.15) is 83.1 Å². The molecule has 0 aliphatic heterocycles. The van der Waals surface area contributed by atoms with Gasteiger partial charge in [-0.05, 0) is 59.2 Å². The van der Waals surface area contributed by atoms with Crippen LogP contribution in [0.4, 0.5) is 0 Å². The van der Waals surface area contributed by atoms with Crippen molar-refractivity contribution in [1.29, 1.82) is 0 Å². The van der Waals surface area contributed by atoms with E-state index in [-0.39, 0.29) is 21.7 Å². The maximum atomic E-state index is 3.73. The SMILES string of the molecule is C[C]1[C](C)[C](C)[C](C)[C]1C.C[C]1[C](C)[C](C)[C](C)[C]1C.[CH2-]C([CH2-])C(C)C.[Ti+4]. The molecule has 1 heteroatoms. The zero-order valence-corrected chi connectivity index (χ0v) is 21.6. The van der Waals surface area contributed by atoms with Gasteiger partial charge < -0.3 is 19.8 Å². The van der Waals surface area contributed by atoms with Gasteiger partial charge in [0.1, 0.15) is 0 Å². The van der Waals surface area contributed by atoms with E-state index in [0.717, 1.165) is 0 Å². The van der Waals surface area contributed by atoms with E-state index in [1.54, 1.807) is 0 Å². The number of hydrogen-bond donors (Lipinski definition) is 0. The molecule has 2 aliphatic carbocycles. The Hall–Kier alpha value is 0.714. The van der Waals surface area contributed by atoms with Gasteiger partial charge >= 0.3 is 21.7 Å². The van der Waals surface area contributed by atoms with Crippen LogP contribution in [0.15, 0.2) is 0 Å². The molecule has 148 valence electrons.